The number of aromatic nitrogens is 2. The van der Waals surface area contributed by atoms with E-state index in [4.69, 9.17) is 5.11 Å². The van der Waals surface area contributed by atoms with Crippen LogP contribution in [0.1, 0.15) is 10.4 Å². The van der Waals surface area contributed by atoms with Crippen LogP contribution in [0.3, 0.4) is 0 Å². The van der Waals surface area contributed by atoms with E-state index in [0.717, 1.165) is 12.1 Å². The maximum Gasteiger partial charge on any atom is 0.337 e. The lowest BCUT2D eigenvalue weighted by Gasteiger charge is -2.00. The standard InChI is InChI=1S/C14H7F3N2O2/c15-8-5-4-6(10(16)11(8)17)13-18-9-3-1-2-7(14(20)21)12(9)19-13/h1-5H,(H,18,19)(H,20,21). The molecule has 2 aromatic carbocycles. The lowest BCUT2D eigenvalue weighted by Crippen LogP contribution is -1.97. The predicted octanol–water partition coefficient (Wildman–Crippen LogP) is 3.35. The van der Waals surface area contributed by atoms with Crippen LogP contribution in [-0.4, -0.2) is 21.0 Å². The highest BCUT2D eigenvalue weighted by Gasteiger charge is 2.19. The Morgan fingerprint density at radius 1 is 1.10 bits per heavy atom. The minimum atomic E-state index is -1.61. The number of fused-ring (bicyclic) bond motifs is 1. The van der Waals surface area contributed by atoms with E-state index in [1.807, 2.05) is 0 Å². The number of H-pyrrole nitrogens is 1. The fraction of sp³-hybridized carbons (Fsp3) is 0. The summed E-state index contributed by atoms with van der Waals surface area (Å²) in [6.45, 7) is 0. The van der Waals surface area contributed by atoms with E-state index in [1.165, 1.54) is 12.1 Å². The number of aromatic carboxylic acids is 1. The van der Waals surface area contributed by atoms with Crippen molar-refractivity contribution in [1.82, 2.24) is 9.97 Å². The number of para-hydroxylation sites is 1. The number of imidazole rings is 1. The number of benzene rings is 2. The molecule has 1 aromatic heterocycles. The number of carboxylic acids is 1. The van der Waals surface area contributed by atoms with Crippen LogP contribution < -0.4 is 0 Å². The molecule has 0 fully saturated rings. The van der Waals surface area contributed by atoms with Crippen LogP contribution in [0.5, 0.6) is 0 Å². The third-order valence-electron chi connectivity index (χ3n) is 3.03. The molecule has 0 atom stereocenters. The number of hydrogen-bond acceptors (Lipinski definition) is 2. The highest BCUT2D eigenvalue weighted by atomic mass is 19.2. The number of halogens is 3. The van der Waals surface area contributed by atoms with Crippen molar-refractivity contribution in [2.24, 2.45) is 0 Å². The molecule has 0 aliphatic rings. The van der Waals surface area contributed by atoms with Gasteiger partial charge in [-0.2, -0.15) is 0 Å². The smallest absolute Gasteiger partial charge is 0.337 e. The lowest BCUT2D eigenvalue weighted by molar-refractivity contribution is 0.0699. The number of carbonyl (C=O) groups is 1. The number of rotatable bonds is 2. The zero-order valence-electron chi connectivity index (χ0n) is 10.3. The molecule has 0 radical (unpaired) electrons. The first-order chi connectivity index (χ1) is 9.99. The van der Waals surface area contributed by atoms with Gasteiger partial charge in [-0.15, -0.1) is 0 Å². The maximum absolute atomic E-state index is 13.7. The summed E-state index contributed by atoms with van der Waals surface area (Å²) < 4.78 is 39.9. The Bertz CT molecular complexity index is 874. The van der Waals surface area contributed by atoms with Gasteiger partial charge >= 0.3 is 5.97 Å². The highest BCUT2D eigenvalue weighted by molar-refractivity contribution is 6.01. The van der Waals surface area contributed by atoms with Crippen LogP contribution in [0.4, 0.5) is 13.2 Å². The van der Waals surface area contributed by atoms with Crippen LogP contribution >= 0.6 is 0 Å². The molecule has 0 spiro atoms. The molecule has 3 aromatic rings. The van der Waals surface area contributed by atoms with Crippen molar-refractivity contribution in [2.45, 2.75) is 0 Å². The summed E-state index contributed by atoms with van der Waals surface area (Å²) >= 11 is 0. The van der Waals surface area contributed by atoms with E-state index < -0.39 is 23.4 Å². The van der Waals surface area contributed by atoms with E-state index in [-0.39, 0.29) is 22.5 Å². The van der Waals surface area contributed by atoms with Crippen molar-refractivity contribution in [3.05, 3.63) is 53.3 Å². The largest absolute Gasteiger partial charge is 0.478 e. The van der Waals surface area contributed by atoms with Gasteiger partial charge < -0.3 is 10.1 Å². The fourth-order valence-electron chi connectivity index (χ4n) is 2.04. The van der Waals surface area contributed by atoms with E-state index in [0.29, 0.717) is 5.52 Å². The molecule has 0 bridgehead atoms. The van der Waals surface area contributed by atoms with Gasteiger partial charge in [-0.1, -0.05) is 6.07 Å². The van der Waals surface area contributed by atoms with Crippen LogP contribution in [0.25, 0.3) is 22.4 Å². The minimum Gasteiger partial charge on any atom is -0.478 e. The normalized spacial score (nSPS) is 11.0. The predicted molar refractivity (Wildman–Crippen MR) is 68.4 cm³/mol. The highest BCUT2D eigenvalue weighted by Crippen LogP contribution is 2.27. The Morgan fingerprint density at radius 2 is 1.86 bits per heavy atom. The van der Waals surface area contributed by atoms with E-state index in [1.54, 1.807) is 6.07 Å². The van der Waals surface area contributed by atoms with Crippen molar-refractivity contribution in [1.29, 1.82) is 0 Å². The summed E-state index contributed by atoms with van der Waals surface area (Å²) in [5.74, 6) is -5.56. The van der Waals surface area contributed by atoms with Crippen molar-refractivity contribution >= 4 is 17.0 Å². The summed E-state index contributed by atoms with van der Waals surface area (Å²) in [4.78, 5) is 17.8. The van der Waals surface area contributed by atoms with Gasteiger partial charge in [-0.3, -0.25) is 0 Å². The van der Waals surface area contributed by atoms with Crippen LogP contribution in [-0.2, 0) is 0 Å². The average molecular weight is 292 g/mol. The zero-order valence-corrected chi connectivity index (χ0v) is 10.3. The number of aromatic amines is 1. The molecule has 106 valence electrons. The quantitative estimate of drug-likeness (QED) is 0.712. The summed E-state index contributed by atoms with van der Waals surface area (Å²) in [5, 5.41) is 9.06. The number of nitrogens with one attached hydrogen (secondary N) is 1. The summed E-state index contributed by atoms with van der Waals surface area (Å²) in [6, 6.07) is 6.20. The molecule has 7 heteroatoms. The third kappa shape index (κ3) is 2.03. The minimum absolute atomic E-state index is 0.0713. The molecule has 3 rings (SSSR count). The lowest BCUT2D eigenvalue weighted by atomic mass is 10.2. The van der Waals surface area contributed by atoms with Crippen molar-refractivity contribution < 1.29 is 23.1 Å². The second-order valence-corrected chi connectivity index (χ2v) is 4.32. The topological polar surface area (TPSA) is 66.0 Å². The first-order valence-corrected chi connectivity index (χ1v) is 5.85. The Hall–Kier alpha value is -2.83. The summed E-state index contributed by atoms with van der Waals surface area (Å²) in [6.07, 6.45) is 0. The molecule has 0 saturated heterocycles. The Balaban J connectivity index is 2.25. The average Bonchev–Trinajstić information content (AvgIpc) is 2.88. The molecule has 1 heterocycles. The van der Waals surface area contributed by atoms with Gasteiger partial charge in [-0.05, 0) is 24.3 Å². The summed E-state index contributed by atoms with van der Waals surface area (Å²) in [5.41, 5.74) is 0.123. The van der Waals surface area contributed by atoms with Gasteiger partial charge in [0.05, 0.1) is 16.6 Å². The van der Waals surface area contributed by atoms with Gasteiger partial charge in [0.25, 0.3) is 0 Å². The molecular weight excluding hydrogens is 285 g/mol. The Kier molecular flexibility index (Phi) is 2.90. The number of carboxylic acid groups (broad SMARTS) is 1. The monoisotopic (exact) mass is 292 g/mol. The van der Waals surface area contributed by atoms with Crippen LogP contribution in [0.2, 0.25) is 0 Å². The number of nitrogens with zero attached hydrogens (tertiary/aromatic N) is 1. The fourth-order valence-corrected chi connectivity index (χ4v) is 2.04. The molecule has 0 saturated carbocycles. The third-order valence-corrected chi connectivity index (χ3v) is 3.03. The zero-order chi connectivity index (χ0) is 15.1. The second kappa shape index (κ2) is 4.62. The van der Waals surface area contributed by atoms with Crippen molar-refractivity contribution in [2.75, 3.05) is 0 Å². The van der Waals surface area contributed by atoms with E-state index in [9.17, 15) is 18.0 Å². The molecule has 4 nitrogen and oxygen atoms in total. The maximum atomic E-state index is 13.7. The van der Waals surface area contributed by atoms with Gasteiger partial charge in [0.2, 0.25) is 0 Å². The Labute approximate surface area is 115 Å². The molecule has 2 N–H and O–H groups in total. The molecule has 0 amide bonds. The SMILES string of the molecule is O=C(O)c1cccc2[nH]c(-c3ccc(F)c(F)c3F)nc12. The summed E-state index contributed by atoms with van der Waals surface area (Å²) in [7, 11) is 0. The molecule has 0 aliphatic carbocycles. The van der Waals surface area contributed by atoms with Gasteiger partial charge in [0.15, 0.2) is 17.5 Å². The van der Waals surface area contributed by atoms with Crippen molar-refractivity contribution in [3.63, 3.8) is 0 Å². The van der Waals surface area contributed by atoms with Gasteiger partial charge in [0.1, 0.15) is 11.3 Å². The van der Waals surface area contributed by atoms with Gasteiger partial charge in [-0.25, -0.2) is 22.9 Å². The Morgan fingerprint density at radius 3 is 2.57 bits per heavy atom. The van der Waals surface area contributed by atoms with E-state index >= 15 is 0 Å². The first kappa shape index (κ1) is 13.2. The van der Waals surface area contributed by atoms with Crippen LogP contribution in [0, 0.1) is 17.5 Å². The molecular formula is C14H7F3N2O2. The van der Waals surface area contributed by atoms with Crippen molar-refractivity contribution in [3.8, 4) is 11.4 Å². The number of hydrogen-bond donors (Lipinski definition) is 2. The van der Waals surface area contributed by atoms with Crippen LogP contribution in [0.15, 0.2) is 30.3 Å². The molecule has 0 aliphatic heterocycles. The first-order valence-electron chi connectivity index (χ1n) is 5.85. The molecule has 21 heavy (non-hydrogen) atoms. The second-order valence-electron chi connectivity index (χ2n) is 4.32. The molecule has 0 unspecified atom stereocenters. The van der Waals surface area contributed by atoms with E-state index in [2.05, 4.69) is 9.97 Å². The van der Waals surface area contributed by atoms with Gasteiger partial charge in [0, 0.05) is 0 Å².